The summed E-state index contributed by atoms with van der Waals surface area (Å²) in [5.41, 5.74) is 14.1. The molecule has 1 aliphatic rings. The van der Waals surface area contributed by atoms with Crippen molar-refractivity contribution in [3.63, 3.8) is 0 Å². The molecular weight excluding hydrogens is 365 g/mol. The molecule has 6 heteroatoms. The molecule has 0 saturated carbocycles. The molecule has 0 saturated heterocycles. The molecule has 0 heterocycles. The first kappa shape index (κ1) is 18.2. The van der Waals surface area contributed by atoms with Gasteiger partial charge in [-0.15, -0.1) is 0 Å². The molecule has 0 aliphatic heterocycles. The molecule has 0 amide bonds. The largest absolute Gasteiger partial charge is 0.453 e. The number of anilines is 2. The number of hydrogen-bond acceptors (Lipinski definition) is 3. The molecule has 1 aliphatic carbocycles. The number of nitrogens with two attached hydrogens (primary N) is 2. The first-order valence-corrected chi connectivity index (χ1v) is 8.92. The summed E-state index contributed by atoms with van der Waals surface area (Å²) in [7, 11) is 0. The Labute approximate surface area is 160 Å². The molecule has 0 spiro atoms. The third-order valence-corrected chi connectivity index (χ3v) is 5.07. The minimum absolute atomic E-state index is 0.0468. The van der Waals surface area contributed by atoms with Crippen LogP contribution in [0.4, 0.5) is 24.5 Å². The molecule has 0 fully saturated rings. The zero-order valence-electron chi connectivity index (χ0n) is 15.0. The fraction of sp³-hybridized carbons (Fsp3) is 0.182. The van der Waals surface area contributed by atoms with E-state index in [-0.39, 0.29) is 17.1 Å². The van der Waals surface area contributed by atoms with E-state index in [1.807, 2.05) is 30.3 Å². The van der Waals surface area contributed by atoms with Gasteiger partial charge in [-0.05, 0) is 59.7 Å². The average molecular weight is 384 g/mol. The Morgan fingerprint density at radius 3 is 2.11 bits per heavy atom. The van der Waals surface area contributed by atoms with Crippen LogP contribution in [-0.4, -0.2) is 0 Å². The first-order chi connectivity index (χ1) is 13.3. The van der Waals surface area contributed by atoms with E-state index >= 15 is 0 Å². The second-order valence-corrected chi connectivity index (χ2v) is 7.03. The van der Waals surface area contributed by atoms with Gasteiger partial charge in [0.2, 0.25) is 0 Å². The van der Waals surface area contributed by atoms with Crippen LogP contribution in [0.1, 0.15) is 28.2 Å². The standard InChI is InChI=1S/C22H19F3N2O/c23-22(24,25)17-11-19(26)21(20(27)12-17)28-18-7-6-14-8-15(9-16(14)10-18)13-4-2-1-3-5-13/h1-7,10-12,15H,8-9,26-27H2. The van der Waals surface area contributed by atoms with Crippen molar-refractivity contribution in [2.24, 2.45) is 0 Å². The Morgan fingerprint density at radius 1 is 0.821 bits per heavy atom. The molecule has 3 aromatic rings. The topological polar surface area (TPSA) is 61.3 Å². The van der Waals surface area contributed by atoms with Gasteiger partial charge in [-0.2, -0.15) is 13.2 Å². The van der Waals surface area contributed by atoms with Gasteiger partial charge >= 0.3 is 6.18 Å². The lowest BCUT2D eigenvalue weighted by atomic mass is 9.96. The van der Waals surface area contributed by atoms with Crippen LogP contribution in [0.3, 0.4) is 0 Å². The SMILES string of the molecule is Nc1cc(C(F)(F)F)cc(N)c1Oc1ccc2c(c1)CC(c1ccccc1)C2. The predicted molar refractivity (Wildman–Crippen MR) is 103 cm³/mol. The maximum atomic E-state index is 12.9. The van der Waals surface area contributed by atoms with Crippen molar-refractivity contribution >= 4 is 11.4 Å². The van der Waals surface area contributed by atoms with Gasteiger partial charge < -0.3 is 16.2 Å². The van der Waals surface area contributed by atoms with Gasteiger partial charge in [-0.25, -0.2) is 0 Å². The summed E-state index contributed by atoms with van der Waals surface area (Å²) in [6, 6.07) is 17.7. The molecule has 4 rings (SSSR count). The third kappa shape index (κ3) is 3.50. The van der Waals surface area contributed by atoms with Crippen molar-refractivity contribution in [3.8, 4) is 11.5 Å². The van der Waals surface area contributed by atoms with Crippen LogP contribution in [0.2, 0.25) is 0 Å². The summed E-state index contributed by atoms with van der Waals surface area (Å²) < 4.78 is 44.4. The van der Waals surface area contributed by atoms with Crippen LogP contribution < -0.4 is 16.2 Å². The number of ether oxygens (including phenoxy) is 1. The van der Waals surface area contributed by atoms with Crippen LogP contribution in [0, 0.1) is 0 Å². The van der Waals surface area contributed by atoms with E-state index in [4.69, 9.17) is 16.2 Å². The van der Waals surface area contributed by atoms with Gasteiger partial charge in [0, 0.05) is 0 Å². The van der Waals surface area contributed by atoms with Gasteiger partial charge in [0.15, 0.2) is 5.75 Å². The van der Waals surface area contributed by atoms with Crippen molar-refractivity contribution in [2.45, 2.75) is 24.9 Å². The number of benzene rings is 3. The highest BCUT2D eigenvalue weighted by molar-refractivity contribution is 5.70. The van der Waals surface area contributed by atoms with Crippen molar-refractivity contribution < 1.29 is 17.9 Å². The molecular formula is C22H19F3N2O. The van der Waals surface area contributed by atoms with Gasteiger partial charge in [-0.3, -0.25) is 0 Å². The third-order valence-electron chi connectivity index (χ3n) is 5.07. The predicted octanol–water partition coefficient (Wildman–Crippen LogP) is 5.54. The van der Waals surface area contributed by atoms with Crippen molar-refractivity contribution in [1.29, 1.82) is 0 Å². The lowest BCUT2D eigenvalue weighted by Gasteiger charge is -2.15. The Morgan fingerprint density at radius 2 is 1.46 bits per heavy atom. The van der Waals surface area contributed by atoms with Crippen LogP contribution in [0.5, 0.6) is 11.5 Å². The van der Waals surface area contributed by atoms with Gasteiger partial charge in [0.1, 0.15) is 5.75 Å². The molecule has 0 radical (unpaired) electrons. The minimum Gasteiger partial charge on any atom is -0.453 e. The zero-order chi connectivity index (χ0) is 19.9. The second kappa shape index (κ2) is 6.78. The maximum Gasteiger partial charge on any atom is 0.416 e. The lowest BCUT2D eigenvalue weighted by molar-refractivity contribution is -0.137. The Kier molecular flexibility index (Phi) is 4.41. The molecule has 3 aromatic carbocycles. The molecule has 3 nitrogen and oxygen atoms in total. The number of halogens is 3. The summed E-state index contributed by atoms with van der Waals surface area (Å²) in [4.78, 5) is 0. The normalized spacial score (nSPS) is 16.0. The first-order valence-electron chi connectivity index (χ1n) is 8.92. The molecule has 0 aromatic heterocycles. The van der Waals surface area contributed by atoms with E-state index in [9.17, 15) is 13.2 Å². The van der Waals surface area contributed by atoms with E-state index in [0.717, 1.165) is 30.5 Å². The fourth-order valence-electron chi connectivity index (χ4n) is 3.69. The summed E-state index contributed by atoms with van der Waals surface area (Å²) in [6.07, 6.45) is -2.68. The molecule has 1 atom stereocenters. The summed E-state index contributed by atoms with van der Waals surface area (Å²) >= 11 is 0. The Hall–Kier alpha value is -3.15. The monoisotopic (exact) mass is 384 g/mol. The van der Waals surface area contributed by atoms with Crippen molar-refractivity contribution in [3.05, 3.63) is 82.9 Å². The molecule has 0 bridgehead atoms. The minimum atomic E-state index is -4.51. The number of hydrogen-bond donors (Lipinski definition) is 2. The van der Waals surface area contributed by atoms with E-state index in [1.54, 1.807) is 6.07 Å². The average Bonchev–Trinajstić information content (AvgIpc) is 3.08. The maximum absolute atomic E-state index is 12.9. The molecule has 28 heavy (non-hydrogen) atoms. The molecule has 144 valence electrons. The summed E-state index contributed by atoms with van der Waals surface area (Å²) in [5.74, 6) is 0.962. The van der Waals surface area contributed by atoms with Gasteiger partial charge in [0.25, 0.3) is 0 Å². The van der Waals surface area contributed by atoms with Crippen LogP contribution in [0.25, 0.3) is 0 Å². The lowest BCUT2D eigenvalue weighted by Crippen LogP contribution is -2.08. The Balaban J connectivity index is 1.57. The highest BCUT2D eigenvalue weighted by atomic mass is 19.4. The van der Waals surface area contributed by atoms with Crippen LogP contribution in [0.15, 0.2) is 60.7 Å². The number of alkyl halides is 3. The van der Waals surface area contributed by atoms with Crippen LogP contribution in [-0.2, 0) is 19.0 Å². The van der Waals surface area contributed by atoms with E-state index in [0.29, 0.717) is 11.7 Å². The highest BCUT2D eigenvalue weighted by Crippen LogP contribution is 2.41. The second-order valence-electron chi connectivity index (χ2n) is 7.03. The van der Waals surface area contributed by atoms with E-state index in [1.165, 1.54) is 11.1 Å². The van der Waals surface area contributed by atoms with Gasteiger partial charge in [0.05, 0.1) is 16.9 Å². The van der Waals surface area contributed by atoms with Crippen molar-refractivity contribution in [2.75, 3.05) is 11.5 Å². The molecule has 1 unspecified atom stereocenters. The quantitative estimate of drug-likeness (QED) is 0.583. The summed E-state index contributed by atoms with van der Waals surface area (Å²) in [6.45, 7) is 0. The number of fused-ring (bicyclic) bond motifs is 1. The molecule has 4 N–H and O–H groups in total. The summed E-state index contributed by atoms with van der Waals surface area (Å²) in [5, 5.41) is 0. The smallest absolute Gasteiger partial charge is 0.416 e. The van der Waals surface area contributed by atoms with Crippen molar-refractivity contribution in [1.82, 2.24) is 0 Å². The Bertz CT molecular complexity index is 993. The highest BCUT2D eigenvalue weighted by Gasteiger charge is 2.32. The van der Waals surface area contributed by atoms with E-state index < -0.39 is 11.7 Å². The number of rotatable bonds is 3. The van der Waals surface area contributed by atoms with E-state index in [2.05, 4.69) is 12.1 Å². The van der Waals surface area contributed by atoms with Gasteiger partial charge in [-0.1, -0.05) is 36.4 Å². The zero-order valence-corrected chi connectivity index (χ0v) is 15.0. The fourth-order valence-corrected chi connectivity index (χ4v) is 3.69. The number of nitrogen functional groups attached to an aromatic ring is 2. The van der Waals surface area contributed by atoms with Crippen LogP contribution >= 0.6 is 0 Å².